The van der Waals surface area contributed by atoms with Crippen molar-refractivity contribution < 1.29 is 14.7 Å². The Bertz CT molecular complexity index is 524. The Hall–Kier alpha value is -1.56. The van der Waals surface area contributed by atoms with E-state index in [9.17, 15) is 14.7 Å². The zero-order valence-corrected chi connectivity index (χ0v) is 12.0. The van der Waals surface area contributed by atoms with Gasteiger partial charge in [-0.25, -0.2) is 9.59 Å². The molecule has 0 spiro atoms. The summed E-state index contributed by atoms with van der Waals surface area (Å²) < 4.78 is 0. The van der Waals surface area contributed by atoms with Crippen LogP contribution >= 0.6 is 11.3 Å². The lowest BCUT2D eigenvalue weighted by Gasteiger charge is -2.34. The van der Waals surface area contributed by atoms with E-state index in [0.717, 1.165) is 29.7 Å². The Morgan fingerprint density at radius 2 is 2.25 bits per heavy atom. The normalized spacial score (nSPS) is 22.0. The Morgan fingerprint density at radius 3 is 2.90 bits per heavy atom. The molecule has 0 bridgehead atoms. The summed E-state index contributed by atoms with van der Waals surface area (Å²) in [6.07, 6.45) is 4.31. The third-order valence-electron chi connectivity index (χ3n) is 4.23. The number of hydrogen-bond donors (Lipinski definition) is 2. The van der Waals surface area contributed by atoms with Gasteiger partial charge in [-0.05, 0) is 42.2 Å². The maximum Gasteiger partial charge on any atom is 0.331 e. The number of nitrogens with zero attached hydrogens (tertiary/aromatic N) is 1. The van der Waals surface area contributed by atoms with Gasteiger partial charge in [0.15, 0.2) is 6.04 Å². The SMILES string of the molecule is O=C(O)C1c2ccsc2CCN1C(=O)NCC1CCC1. The van der Waals surface area contributed by atoms with Gasteiger partial charge in [0.1, 0.15) is 0 Å². The van der Waals surface area contributed by atoms with Crippen molar-refractivity contribution >= 4 is 23.3 Å². The number of fused-ring (bicyclic) bond motifs is 1. The van der Waals surface area contributed by atoms with Crippen molar-refractivity contribution in [3.05, 3.63) is 21.9 Å². The van der Waals surface area contributed by atoms with Crippen molar-refractivity contribution in [2.75, 3.05) is 13.1 Å². The molecule has 1 atom stereocenters. The summed E-state index contributed by atoms with van der Waals surface area (Å²) in [6, 6.07) is 0.733. The number of carboxylic acid groups (broad SMARTS) is 1. The molecule has 1 aliphatic carbocycles. The summed E-state index contributed by atoms with van der Waals surface area (Å²) >= 11 is 1.57. The first-order chi connectivity index (χ1) is 9.66. The molecule has 1 aromatic heterocycles. The van der Waals surface area contributed by atoms with Crippen LogP contribution < -0.4 is 5.32 Å². The van der Waals surface area contributed by atoms with Crippen molar-refractivity contribution in [3.63, 3.8) is 0 Å². The minimum absolute atomic E-state index is 0.249. The van der Waals surface area contributed by atoms with E-state index in [1.165, 1.54) is 11.3 Å². The van der Waals surface area contributed by atoms with Crippen molar-refractivity contribution in [1.82, 2.24) is 10.2 Å². The van der Waals surface area contributed by atoms with Gasteiger partial charge < -0.3 is 15.3 Å². The number of urea groups is 1. The summed E-state index contributed by atoms with van der Waals surface area (Å²) in [5, 5.41) is 14.2. The van der Waals surface area contributed by atoms with E-state index >= 15 is 0 Å². The quantitative estimate of drug-likeness (QED) is 0.898. The lowest BCUT2D eigenvalue weighted by atomic mass is 9.85. The number of carbonyl (C=O) groups is 2. The van der Waals surface area contributed by atoms with E-state index in [1.54, 1.807) is 11.3 Å². The van der Waals surface area contributed by atoms with Crippen LogP contribution in [-0.4, -0.2) is 35.1 Å². The number of thiophene rings is 1. The van der Waals surface area contributed by atoms with E-state index in [-0.39, 0.29) is 6.03 Å². The van der Waals surface area contributed by atoms with Crippen molar-refractivity contribution in [2.24, 2.45) is 5.92 Å². The van der Waals surface area contributed by atoms with E-state index in [1.807, 2.05) is 11.4 Å². The number of rotatable bonds is 3. The molecule has 5 nitrogen and oxygen atoms in total. The molecule has 0 radical (unpaired) electrons. The highest BCUT2D eigenvalue weighted by atomic mass is 32.1. The van der Waals surface area contributed by atoms with Gasteiger partial charge in [0.05, 0.1) is 0 Å². The minimum atomic E-state index is -0.955. The molecule has 2 amide bonds. The summed E-state index contributed by atoms with van der Waals surface area (Å²) in [5.41, 5.74) is 0.771. The molecule has 0 saturated heterocycles. The smallest absolute Gasteiger partial charge is 0.331 e. The predicted molar refractivity (Wildman–Crippen MR) is 75.8 cm³/mol. The third kappa shape index (κ3) is 2.40. The van der Waals surface area contributed by atoms with Crippen LogP contribution in [0.3, 0.4) is 0 Å². The topological polar surface area (TPSA) is 69.6 Å². The van der Waals surface area contributed by atoms with Gasteiger partial charge in [0, 0.05) is 18.0 Å². The molecule has 1 unspecified atom stereocenters. The Kier molecular flexibility index (Phi) is 3.65. The maximum atomic E-state index is 12.2. The second-order valence-electron chi connectivity index (χ2n) is 5.47. The summed E-state index contributed by atoms with van der Waals surface area (Å²) in [7, 11) is 0. The Morgan fingerprint density at radius 1 is 1.45 bits per heavy atom. The molecular formula is C14H18N2O3S. The third-order valence-corrected chi connectivity index (χ3v) is 5.22. The summed E-state index contributed by atoms with van der Waals surface area (Å²) in [6.45, 7) is 1.14. The summed E-state index contributed by atoms with van der Waals surface area (Å²) in [4.78, 5) is 26.3. The average molecular weight is 294 g/mol. The molecule has 3 rings (SSSR count). The van der Waals surface area contributed by atoms with Crippen LogP contribution in [0.4, 0.5) is 4.79 Å². The number of amides is 2. The number of hydrogen-bond acceptors (Lipinski definition) is 3. The van der Waals surface area contributed by atoms with Gasteiger partial charge in [-0.3, -0.25) is 0 Å². The second kappa shape index (κ2) is 5.44. The van der Waals surface area contributed by atoms with Gasteiger partial charge in [-0.15, -0.1) is 11.3 Å². The first-order valence-corrected chi connectivity index (χ1v) is 7.88. The fourth-order valence-corrected chi connectivity index (χ4v) is 3.74. The first kappa shape index (κ1) is 13.4. The van der Waals surface area contributed by atoms with Crippen LogP contribution in [0.25, 0.3) is 0 Å². The van der Waals surface area contributed by atoms with Gasteiger partial charge in [0.2, 0.25) is 0 Å². The van der Waals surface area contributed by atoms with Gasteiger partial charge in [-0.1, -0.05) is 6.42 Å². The lowest BCUT2D eigenvalue weighted by Crippen LogP contribution is -2.49. The van der Waals surface area contributed by atoms with Crippen LogP contribution in [0.2, 0.25) is 0 Å². The van der Waals surface area contributed by atoms with Crippen LogP contribution in [0.5, 0.6) is 0 Å². The second-order valence-corrected chi connectivity index (χ2v) is 6.47. The van der Waals surface area contributed by atoms with Crippen LogP contribution in [-0.2, 0) is 11.2 Å². The first-order valence-electron chi connectivity index (χ1n) is 7.00. The van der Waals surface area contributed by atoms with E-state index in [0.29, 0.717) is 19.0 Å². The van der Waals surface area contributed by atoms with Gasteiger partial charge in [-0.2, -0.15) is 0 Å². The highest BCUT2D eigenvalue weighted by Gasteiger charge is 2.36. The van der Waals surface area contributed by atoms with Crippen LogP contribution in [0.1, 0.15) is 35.7 Å². The largest absolute Gasteiger partial charge is 0.479 e. The fraction of sp³-hybridized carbons (Fsp3) is 0.571. The molecule has 1 aliphatic heterocycles. The molecule has 1 fully saturated rings. The van der Waals surface area contributed by atoms with Crippen LogP contribution in [0, 0.1) is 5.92 Å². The number of aliphatic carboxylic acids is 1. The highest BCUT2D eigenvalue weighted by molar-refractivity contribution is 7.10. The molecule has 0 aromatic carbocycles. The average Bonchev–Trinajstić information content (AvgIpc) is 2.83. The summed E-state index contributed by atoms with van der Waals surface area (Å²) in [5.74, 6) is -0.383. The zero-order chi connectivity index (χ0) is 14.1. The molecule has 108 valence electrons. The Balaban J connectivity index is 1.71. The van der Waals surface area contributed by atoms with E-state index in [4.69, 9.17) is 0 Å². The van der Waals surface area contributed by atoms with Gasteiger partial charge in [0.25, 0.3) is 0 Å². The predicted octanol–water partition coefficient (Wildman–Crippen LogP) is 2.24. The highest BCUT2D eigenvalue weighted by Crippen LogP contribution is 2.33. The number of carboxylic acids is 1. The minimum Gasteiger partial charge on any atom is -0.479 e. The molecule has 1 saturated carbocycles. The lowest BCUT2D eigenvalue weighted by molar-refractivity contribution is -0.142. The molecule has 2 N–H and O–H groups in total. The molecule has 2 heterocycles. The molecule has 6 heteroatoms. The number of carbonyl (C=O) groups excluding carboxylic acids is 1. The fourth-order valence-electron chi connectivity index (χ4n) is 2.83. The van der Waals surface area contributed by atoms with Crippen LogP contribution in [0.15, 0.2) is 11.4 Å². The molecular weight excluding hydrogens is 276 g/mol. The van der Waals surface area contributed by atoms with E-state index < -0.39 is 12.0 Å². The van der Waals surface area contributed by atoms with Crippen molar-refractivity contribution in [1.29, 1.82) is 0 Å². The molecule has 2 aliphatic rings. The number of nitrogens with one attached hydrogen (secondary N) is 1. The zero-order valence-electron chi connectivity index (χ0n) is 11.2. The monoisotopic (exact) mass is 294 g/mol. The Labute approximate surface area is 121 Å². The van der Waals surface area contributed by atoms with Crippen molar-refractivity contribution in [2.45, 2.75) is 31.7 Å². The van der Waals surface area contributed by atoms with E-state index in [2.05, 4.69) is 5.32 Å². The molecule has 1 aromatic rings. The van der Waals surface area contributed by atoms with Crippen molar-refractivity contribution in [3.8, 4) is 0 Å². The standard InChI is InChI=1S/C14H18N2O3S/c17-13(18)12-10-5-7-20-11(10)4-6-16(12)14(19)15-8-9-2-1-3-9/h5,7,9,12H,1-4,6,8H2,(H,15,19)(H,17,18). The van der Waals surface area contributed by atoms with Gasteiger partial charge >= 0.3 is 12.0 Å². The molecule has 20 heavy (non-hydrogen) atoms. The maximum absolute atomic E-state index is 12.2.